The van der Waals surface area contributed by atoms with Crippen molar-refractivity contribution in [1.29, 1.82) is 0 Å². The molecule has 1 aromatic carbocycles. The summed E-state index contributed by atoms with van der Waals surface area (Å²) in [7, 11) is 0. The van der Waals surface area contributed by atoms with Gasteiger partial charge in [-0.25, -0.2) is 0 Å². The van der Waals surface area contributed by atoms with Gasteiger partial charge in [0.1, 0.15) is 5.58 Å². The summed E-state index contributed by atoms with van der Waals surface area (Å²) < 4.78 is 6.02. The molecule has 2 aromatic rings. The molecule has 1 aromatic heterocycles. The van der Waals surface area contributed by atoms with Crippen LogP contribution >= 0.6 is 15.9 Å². The second kappa shape index (κ2) is 2.27. The molecule has 11 heavy (non-hydrogen) atoms. The Balaban J connectivity index is 2.82. The van der Waals surface area contributed by atoms with E-state index in [9.17, 15) is 0 Å². The minimum absolute atomic E-state index is 0.734. The van der Waals surface area contributed by atoms with Crippen LogP contribution in [0.25, 0.3) is 11.0 Å². The number of furan rings is 1. The van der Waals surface area contributed by atoms with Gasteiger partial charge in [0, 0.05) is 11.1 Å². The predicted octanol–water partition coefficient (Wildman–Crippen LogP) is 2.78. The largest absolute Gasteiger partial charge is 0.449 e. The van der Waals surface area contributed by atoms with Gasteiger partial charge in [-0.05, 0) is 40.2 Å². The van der Waals surface area contributed by atoms with Crippen molar-refractivity contribution in [3.63, 3.8) is 0 Å². The molecule has 0 aliphatic heterocycles. The molecule has 2 rings (SSSR count). The van der Waals surface area contributed by atoms with Gasteiger partial charge in [0.2, 0.25) is 0 Å². The van der Waals surface area contributed by atoms with Gasteiger partial charge < -0.3 is 10.2 Å². The third-order valence-electron chi connectivity index (χ3n) is 1.51. The van der Waals surface area contributed by atoms with Crippen LogP contribution in [0, 0.1) is 0 Å². The third kappa shape index (κ3) is 1.12. The molecule has 0 unspecified atom stereocenters. The monoisotopic (exact) mass is 211 g/mol. The first-order chi connectivity index (χ1) is 5.25. The summed E-state index contributed by atoms with van der Waals surface area (Å²) in [6.45, 7) is 0. The maximum Gasteiger partial charge on any atom is 0.170 e. The van der Waals surface area contributed by atoms with Gasteiger partial charge in [0.05, 0.1) is 0 Å². The Hall–Kier alpha value is -0.960. The van der Waals surface area contributed by atoms with Crippen LogP contribution in [0.4, 0.5) is 5.69 Å². The van der Waals surface area contributed by atoms with Crippen molar-refractivity contribution >= 4 is 32.6 Å². The number of rotatable bonds is 0. The van der Waals surface area contributed by atoms with Crippen molar-refractivity contribution in [3.8, 4) is 0 Å². The molecular formula is C8H6BrNO. The molecule has 0 aliphatic carbocycles. The summed E-state index contributed by atoms with van der Waals surface area (Å²) in [4.78, 5) is 0. The molecule has 0 fully saturated rings. The van der Waals surface area contributed by atoms with Crippen LogP contribution in [0.3, 0.4) is 0 Å². The van der Waals surface area contributed by atoms with Crippen LogP contribution in [0.1, 0.15) is 0 Å². The van der Waals surface area contributed by atoms with E-state index >= 15 is 0 Å². The fourth-order valence-electron chi connectivity index (χ4n) is 1.03. The van der Waals surface area contributed by atoms with E-state index in [0.717, 1.165) is 21.3 Å². The Kier molecular flexibility index (Phi) is 1.39. The second-order valence-electron chi connectivity index (χ2n) is 2.35. The van der Waals surface area contributed by atoms with E-state index in [0.29, 0.717) is 0 Å². The van der Waals surface area contributed by atoms with E-state index in [-0.39, 0.29) is 0 Å². The molecule has 0 spiro atoms. The van der Waals surface area contributed by atoms with Gasteiger partial charge in [0.25, 0.3) is 0 Å². The van der Waals surface area contributed by atoms with E-state index < -0.39 is 0 Å². The van der Waals surface area contributed by atoms with Crippen LogP contribution in [-0.2, 0) is 0 Å². The fourth-order valence-corrected chi connectivity index (χ4v) is 1.45. The van der Waals surface area contributed by atoms with Gasteiger partial charge in [0.15, 0.2) is 4.67 Å². The summed E-state index contributed by atoms with van der Waals surface area (Å²) >= 11 is 3.24. The highest BCUT2D eigenvalue weighted by molar-refractivity contribution is 9.10. The van der Waals surface area contributed by atoms with Crippen LogP contribution in [-0.4, -0.2) is 0 Å². The fraction of sp³-hybridized carbons (Fsp3) is 0. The third-order valence-corrected chi connectivity index (χ3v) is 1.90. The predicted molar refractivity (Wildman–Crippen MR) is 48.3 cm³/mol. The van der Waals surface area contributed by atoms with Crippen LogP contribution in [0.2, 0.25) is 0 Å². The van der Waals surface area contributed by atoms with E-state index in [1.807, 2.05) is 24.3 Å². The smallest absolute Gasteiger partial charge is 0.170 e. The van der Waals surface area contributed by atoms with Crippen molar-refractivity contribution < 1.29 is 4.42 Å². The normalized spacial score (nSPS) is 10.6. The molecule has 0 aliphatic rings. The zero-order valence-electron chi connectivity index (χ0n) is 5.67. The van der Waals surface area contributed by atoms with Crippen LogP contribution < -0.4 is 5.73 Å². The molecule has 0 bridgehead atoms. The maximum atomic E-state index is 5.58. The maximum absolute atomic E-state index is 5.58. The quantitative estimate of drug-likeness (QED) is 0.682. The van der Waals surface area contributed by atoms with Gasteiger partial charge >= 0.3 is 0 Å². The molecular weight excluding hydrogens is 206 g/mol. The lowest BCUT2D eigenvalue weighted by molar-refractivity contribution is 0.587. The molecule has 0 amide bonds. The zero-order chi connectivity index (χ0) is 7.84. The molecule has 2 N–H and O–H groups in total. The van der Waals surface area contributed by atoms with Gasteiger partial charge in [-0.2, -0.15) is 0 Å². The first kappa shape index (κ1) is 6.73. The molecule has 3 heteroatoms. The minimum atomic E-state index is 0.734. The Morgan fingerprint density at radius 2 is 2.09 bits per heavy atom. The molecule has 1 heterocycles. The molecule has 0 saturated heterocycles. The lowest BCUT2D eigenvalue weighted by Gasteiger charge is -1.89. The molecule has 0 atom stereocenters. The van der Waals surface area contributed by atoms with Crippen molar-refractivity contribution in [2.45, 2.75) is 0 Å². The standard InChI is InChI=1S/C8H6BrNO/c9-8-4-5-3-6(10)1-2-7(5)11-8/h1-4H,10H2. The van der Waals surface area contributed by atoms with E-state index in [1.165, 1.54) is 0 Å². The zero-order valence-corrected chi connectivity index (χ0v) is 7.26. The average Bonchev–Trinajstić information content (AvgIpc) is 2.27. The number of fused-ring (bicyclic) bond motifs is 1. The second-order valence-corrected chi connectivity index (χ2v) is 3.13. The molecule has 56 valence electrons. The first-order valence-electron chi connectivity index (χ1n) is 3.20. The van der Waals surface area contributed by atoms with E-state index in [1.54, 1.807) is 0 Å². The Bertz CT molecular complexity index is 394. The number of benzene rings is 1. The average molecular weight is 212 g/mol. The van der Waals surface area contributed by atoms with Crippen molar-refractivity contribution in [2.24, 2.45) is 0 Å². The number of nitrogen functional groups attached to an aromatic ring is 1. The number of nitrogens with two attached hydrogens (primary N) is 1. The number of anilines is 1. The molecule has 0 saturated carbocycles. The lowest BCUT2D eigenvalue weighted by Crippen LogP contribution is -1.80. The molecule has 0 radical (unpaired) electrons. The highest BCUT2D eigenvalue weighted by atomic mass is 79.9. The van der Waals surface area contributed by atoms with Gasteiger partial charge in [-0.1, -0.05) is 0 Å². The Labute approximate surface area is 72.1 Å². The molecule has 2 nitrogen and oxygen atoms in total. The SMILES string of the molecule is Nc1ccc2oc(Br)cc2c1. The number of hydrogen-bond donors (Lipinski definition) is 1. The van der Waals surface area contributed by atoms with Crippen molar-refractivity contribution in [3.05, 3.63) is 28.9 Å². The minimum Gasteiger partial charge on any atom is -0.449 e. The summed E-state index contributed by atoms with van der Waals surface area (Å²) in [6, 6.07) is 7.45. The Morgan fingerprint density at radius 1 is 1.27 bits per heavy atom. The summed E-state index contributed by atoms with van der Waals surface area (Å²) in [5.41, 5.74) is 7.18. The highest BCUT2D eigenvalue weighted by Crippen LogP contribution is 2.24. The number of hydrogen-bond acceptors (Lipinski definition) is 2. The highest BCUT2D eigenvalue weighted by Gasteiger charge is 1.99. The van der Waals surface area contributed by atoms with E-state index in [2.05, 4.69) is 15.9 Å². The Morgan fingerprint density at radius 3 is 2.91 bits per heavy atom. The van der Waals surface area contributed by atoms with Crippen molar-refractivity contribution in [1.82, 2.24) is 0 Å². The van der Waals surface area contributed by atoms with Crippen molar-refractivity contribution in [2.75, 3.05) is 5.73 Å². The van der Waals surface area contributed by atoms with E-state index in [4.69, 9.17) is 10.2 Å². The summed E-state index contributed by atoms with van der Waals surface area (Å²) in [5, 5.41) is 1.02. The summed E-state index contributed by atoms with van der Waals surface area (Å²) in [5.74, 6) is 0. The summed E-state index contributed by atoms with van der Waals surface area (Å²) in [6.07, 6.45) is 0. The van der Waals surface area contributed by atoms with Gasteiger partial charge in [-0.15, -0.1) is 0 Å². The van der Waals surface area contributed by atoms with Gasteiger partial charge in [-0.3, -0.25) is 0 Å². The first-order valence-corrected chi connectivity index (χ1v) is 3.99. The lowest BCUT2D eigenvalue weighted by atomic mass is 10.2. The topological polar surface area (TPSA) is 39.2 Å². The van der Waals surface area contributed by atoms with Crippen LogP contribution in [0.15, 0.2) is 33.4 Å². The number of halogens is 1. The van der Waals surface area contributed by atoms with Crippen LogP contribution in [0.5, 0.6) is 0 Å².